The van der Waals surface area contributed by atoms with E-state index in [1.807, 2.05) is 6.07 Å². The second-order valence-electron chi connectivity index (χ2n) is 5.47. The number of nitriles is 1. The summed E-state index contributed by atoms with van der Waals surface area (Å²) in [6.45, 7) is 1.32. The molecule has 1 N–H and O–H groups in total. The molecule has 22 heavy (non-hydrogen) atoms. The monoisotopic (exact) mass is 317 g/mol. The lowest BCUT2D eigenvalue weighted by Gasteiger charge is -2.48. The van der Waals surface area contributed by atoms with Crippen molar-refractivity contribution in [2.24, 2.45) is 0 Å². The fraction of sp³-hybridized carbons (Fsp3) is 0.500. The van der Waals surface area contributed by atoms with Crippen LogP contribution in [0.25, 0.3) is 0 Å². The van der Waals surface area contributed by atoms with Gasteiger partial charge in [-0.25, -0.2) is 0 Å². The highest BCUT2D eigenvalue weighted by Gasteiger charge is 2.59. The molecule has 0 spiro atoms. The number of carbonyl (C=O) groups is 1. The van der Waals surface area contributed by atoms with E-state index >= 15 is 0 Å². The Morgan fingerprint density at radius 3 is 2.77 bits per heavy atom. The van der Waals surface area contributed by atoms with Crippen molar-refractivity contribution < 1.29 is 9.53 Å². The first-order chi connectivity index (χ1) is 10.5. The van der Waals surface area contributed by atoms with E-state index in [1.54, 1.807) is 25.5 Å². The summed E-state index contributed by atoms with van der Waals surface area (Å²) in [5.74, 6) is -0.476. The molecule has 1 aliphatic rings. The molecule has 1 heterocycles. The Kier molecular flexibility index (Phi) is 4.77. The zero-order valence-electron chi connectivity index (χ0n) is 12.8. The van der Waals surface area contributed by atoms with E-state index in [4.69, 9.17) is 17.0 Å². The first kappa shape index (κ1) is 16.4. The number of rotatable bonds is 3. The van der Waals surface area contributed by atoms with Crippen LogP contribution in [0.2, 0.25) is 0 Å². The molecule has 0 aromatic carbocycles. The molecule has 1 aromatic rings. The van der Waals surface area contributed by atoms with E-state index in [-0.39, 0.29) is 0 Å². The molecule has 0 radical (unpaired) electrons. The molecule has 1 aromatic heterocycles. The van der Waals surface area contributed by atoms with Crippen LogP contribution in [0.1, 0.15) is 38.2 Å². The number of likely N-dealkylation sites (N-methyl/N-ethyl adjacent to an activating group) is 1. The summed E-state index contributed by atoms with van der Waals surface area (Å²) in [5.41, 5.74) is -1.37. The first-order valence-electron chi connectivity index (χ1n) is 7.26. The molecule has 1 fully saturated rings. The van der Waals surface area contributed by atoms with Crippen LogP contribution >= 0.6 is 12.2 Å². The predicted molar refractivity (Wildman–Crippen MR) is 86.2 cm³/mol. The maximum Gasteiger partial charge on any atom is 0.304 e. The highest BCUT2D eigenvalue weighted by Crippen LogP contribution is 2.49. The minimum Gasteiger partial charge on any atom is -0.442 e. The molecule has 1 saturated carbocycles. The van der Waals surface area contributed by atoms with Crippen molar-refractivity contribution in [2.75, 3.05) is 7.05 Å². The van der Waals surface area contributed by atoms with Crippen molar-refractivity contribution in [3.63, 3.8) is 0 Å². The molecule has 5 nitrogen and oxygen atoms in total. The highest BCUT2D eigenvalue weighted by molar-refractivity contribution is 7.80. The van der Waals surface area contributed by atoms with Gasteiger partial charge in [-0.1, -0.05) is 24.7 Å². The van der Waals surface area contributed by atoms with Gasteiger partial charge in [-0.05, 0) is 24.5 Å². The van der Waals surface area contributed by atoms with Crippen LogP contribution < -0.4 is 5.32 Å². The molecule has 2 atom stereocenters. The molecule has 0 amide bonds. The Hall–Kier alpha value is -2.00. The lowest BCUT2D eigenvalue weighted by Crippen LogP contribution is -2.62. The van der Waals surface area contributed by atoms with Crippen molar-refractivity contribution in [1.29, 1.82) is 5.26 Å². The van der Waals surface area contributed by atoms with Crippen LogP contribution in [0.5, 0.6) is 0 Å². The molecule has 2 unspecified atom stereocenters. The van der Waals surface area contributed by atoms with Gasteiger partial charge in [0.15, 0.2) is 0 Å². The van der Waals surface area contributed by atoms with Crippen LogP contribution in [0, 0.1) is 11.3 Å². The Morgan fingerprint density at radius 1 is 1.50 bits per heavy atom. The van der Waals surface area contributed by atoms with E-state index in [0.717, 1.165) is 18.4 Å². The summed E-state index contributed by atoms with van der Waals surface area (Å²) in [6, 6.07) is 5.95. The average Bonchev–Trinajstić information content (AvgIpc) is 2.54. The Labute approximate surface area is 135 Å². The average molecular weight is 317 g/mol. The van der Waals surface area contributed by atoms with Gasteiger partial charge >= 0.3 is 5.97 Å². The third-order valence-corrected chi connectivity index (χ3v) is 4.84. The van der Waals surface area contributed by atoms with Gasteiger partial charge in [-0.3, -0.25) is 9.78 Å². The van der Waals surface area contributed by atoms with E-state index in [9.17, 15) is 10.1 Å². The Balaban J connectivity index is 2.70. The molecule has 116 valence electrons. The van der Waals surface area contributed by atoms with Gasteiger partial charge in [0, 0.05) is 32.8 Å². The number of pyridine rings is 1. The summed E-state index contributed by atoms with van der Waals surface area (Å²) >= 11 is 5.56. The van der Waals surface area contributed by atoms with Gasteiger partial charge in [-0.2, -0.15) is 5.26 Å². The predicted octanol–water partition coefficient (Wildman–Crippen LogP) is 2.27. The number of aromatic nitrogens is 1. The number of thiocarbonyl (C=S) groups is 1. The second-order valence-corrected chi connectivity index (χ2v) is 5.87. The number of carbonyl (C=O) groups excluding carboxylic acids is 1. The first-order valence-corrected chi connectivity index (χ1v) is 7.67. The van der Waals surface area contributed by atoms with E-state index in [2.05, 4.69) is 16.4 Å². The number of esters is 1. The zero-order chi connectivity index (χ0) is 16.2. The summed E-state index contributed by atoms with van der Waals surface area (Å²) in [5, 5.41) is 12.9. The SMILES string of the molecule is CNC(=S)C1(c2cccnc2)CCCCC1(C#N)OC(C)=O. The molecule has 0 aliphatic heterocycles. The smallest absolute Gasteiger partial charge is 0.304 e. The molecule has 2 rings (SSSR count). The zero-order valence-corrected chi connectivity index (χ0v) is 13.6. The second kappa shape index (κ2) is 6.41. The van der Waals surface area contributed by atoms with Crippen molar-refractivity contribution in [3.8, 4) is 6.07 Å². The summed E-state index contributed by atoms with van der Waals surface area (Å²) in [4.78, 5) is 16.3. The normalized spacial score (nSPS) is 27.5. The molecular formula is C16H19N3O2S. The van der Waals surface area contributed by atoms with Gasteiger partial charge in [-0.15, -0.1) is 0 Å². The lowest BCUT2D eigenvalue weighted by atomic mass is 9.60. The quantitative estimate of drug-likeness (QED) is 0.681. The number of hydrogen-bond acceptors (Lipinski definition) is 5. The minimum absolute atomic E-state index is 0.458. The van der Waals surface area contributed by atoms with Gasteiger partial charge in [0.25, 0.3) is 0 Å². The number of ether oxygens (including phenoxy) is 1. The summed E-state index contributed by atoms with van der Waals surface area (Å²) in [6.07, 6.45) is 6.18. The van der Waals surface area contributed by atoms with E-state index < -0.39 is 17.0 Å². The maximum absolute atomic E-state index is 11.7. The van der Waals surface area contributed by atoms with Gasteiger partial charge < -0.3 is 10.1 Å². The number of nitrogens with one attached hydrogen (secondary N) is 1. The molecule has 6 heteroatoms. The van der Waals surface area contributed by atoms with Crippen LogP contribution in [-0.2, 0) is 14.9 Å². The molecular weight excluding hydrogens is 298 g/mol. The summed E-state index contributed by atoms with van der Waals surface area (Å²) < 4.78 is 5.57. The maximum atomic E-state index is 11.7. The highest BCUT2D eigenvalue weighted by atomic mass is 32.1. The molecule has 1 aliphatic carbocycles. The van der Waals surface area contributed by atoms with Crippen molar-refractivity contribution in [1.82, 2.24) is 10.3 Å². The number of nitrogens with zero attached hydrogens (tertiary/aromatic N) is 2. The molecule has 0 bridgehead atoms. The Morgan fingerprint density at radius 2 is 2.23 bits per heavy atom. The third kappa shape index (κ3) is 2.46. The van der Waals surface area contributed by atoms with Crippen molar-refractivity contribution >= 4 is 23.2 Å². The Bertz CT molecular complexity index is 614. The van der Waals surface area contributed by atoms with Crippen LogP contribution in [0.4, 0.5) is 0 Å². The topological polar surface area (TPSA) is 75.0 Å². The third-order valence-electron chi connectivity index (χ3n) is 4.29. The fourth-order valence-electron chi connectivity index (χ4n) is 3.37. The van der Waals surface area contributed by atoms with Gasteiger partial charge in [0.1, 0.15) is 11.5 Å². The van der Waals surface area contributed by atoms with Crippen LogP contribution in [0.3, 0.4) is 0 Å². The van der Waals surface area contributed by atoms with Crippen molar-refractivity contribution in [3.05, 3.63) is 30.1 Å². The lowest BCUT2D eigenvalue weighted by molar-refractivity contribution is -0.158. The van der Waals surface area contributed by atoms with E-state index in [0.29, 0.717) is 17.8 Å². The number of hydrogen-bond donors (Lipinski definition) is 1. The summed E-state index contributed by atoms with van der Waals surface area (Å²) in [7, 11) is 1.73. The van der Waals surface area contributed by atoms with Gasteiger partial charge in [0.2, 0.25) is 5.60 Å². The van der Waals surface area contributed by atoms with Gasteiger partial charge in [0.05, 0.1) is 4.99 Å². The fourth-order valence-corrected chi connectivity index (χ4v) is 3.76. The minimum atomic E-state index is -1.31. The van der Waals surface area contributed by atoms with Crippen LogP contribution in [-0.4, -0.2) is 28.6 Å². The standard InChI is InChI=1S/C16H19N3O2S/c1-12(20)21-15(11-17)7-3-4-8-16(15,14(22)18-2)13-6-5-9-19-10-13/h5-6,9-10H,3-4,7-8H2,1-2H3,(H,18,22). The largest absolute Gasteiger partial charge is 0.442 e. The van der Waals surface area contributed by atoms with E-state index in [1.165, 1.54) is 6.92 Å². The molecule has 0 saturated heterocycles. The van der Waals surface area contributed by atoms with Crippen molar-refractivity contribution in [2.45, 2.75) is 43.6 Å². The van der Waals surface area contributed by atoms with Crippen LogP contribution in [0.15, 0.2) is 24.5 Å².